The fraction of sp³-hybridized carbons (Fsp3) is 0.250. The van der Waals surface area contributed by atoms with Crippen LogP contribution < -0.4 is 10.2 Å². The number of hydrogen-bond acceptors (Lipinski definition) is 2. The Hall–Kier alpha value is -1.87. The molecular weight excluding hydrogens is 239 g/mol. The second-order valence-corrected chi connectivity index (χ2v) is 4.67. The van der Waals surface area contributed by atoms with Crippen LogP contribution in [0.2, 0.25) is 0 Å². The molecule has 0 bridgehead atoms. The van der Waals surface area contributed by atoms with E-state index in [-0.39, 0.29) is 5.82 Å². The van der Waals surface area contributed by atoms with Crippen molar-refractivity contribution in [2.45, 2.75) is 13.5 Å². The van der Waals surface area contributed by atoms with Crippen molar-refractivity contribution in [3.05, 3.63) is 59.4 Å². The first-order valence-electron chi connectivity index (χ1n) is 6.36. The number of nitrogens with one attached hydrogen (secondary N) is 1. The molecule has 0 atom stereocenters. The van der Waals surface area contributed by atoms with Gasteiger partial charge in [0.1, 0.15) is 5.82 Å². The van der Waals surface area contributed by atoms with E-state index in [0.29, 0.717) is 12.1 Å². The van der Waals surface area contributed by atoms with Crippen molar-refractivity contribution >= 4 is 11.4 Å². The molecule has 2 nitrogen and oxygen atoms in total. The summed E-state index contributed by atoms with van der Waals surface area (Å²) >= 11 is 0. The van der Waals surface area contributed by atoms with Crippen LogP contribution in [0.5, 0.6) is 0 Å². The average Bonchev–Trinajstić information content (AvgIpc) is 2.40. The molecule has 0 aliphatic rings. The highest BCUT2D eigenvalue weighted by Gasteiger charge is 2.12. The molecule has 3 heteroatoms. The predicted molar refractivity (Wildman–Crippen MR) is 78.4 cm³/mol. The van der Waals surface area contributed by atoms with Gasteiger partial charge >= 0.3 is 0 Å². The number of nitrogens with zero attached hydrogens (tertiary/aromatic N) is 1. The Labute approximate surface area is 113 Å². The lowest BCUT2D eigenvalue weighted by Crippen LogP contribution is -2.16. The second kappa shape index (κ2) is 5.85. The summed E-state index contributed by atoms with van der Waals surface area (Å²) in [7, 11) is 3.78. The maximum Gasteiger partial charge on any atom is 0.129 e. The van der Waals surface area contributed by atoms with E-state index in [1.165, 1.54) is 11.6 Å². The Morgan fingerprint density at radius 3 is 2.58 bits per heavy atom. The highest BCUT2D eigenvalue weighted by atomic mass is 19.1. The van der Waals surface area contributed by atoms with E-state index >= 15 is 0 Å². The van der Waals surface area contributed by atoms with Crippen molar-refractivity contribution in [3.63, 3.8) is 0 Å². The summed E-state index contributed by atoms with van der Waals surface area (Å²) in [5.41, 5.74) is 3.83. The summed E-state index contributed by atoms with van der Waals surface area (Å²) in [4.78, 5) is 2.02. The van der Waals surface area contributed by atoms with Crippen LogP contribution in [0.4, 0.5) is 15.8 Å². The van der Waals surface area contributed by atoms with E-state index in [2.05, 4.69) is 24.4 Å². The Kier molecular flexibility index (Phi) is 4.17. The molecule has 1 N–H and O–H groups in total. The van der Waals surface area contributed by atoms with Crippen LogP contribution in [0.15, 0.2) is 42.5 Å². The minimum Gasteiger partial charge on any atom is -0.344 e. The topological polar surface area (TPSA) is 15.3 Å². The summed E-state index contributed by atoms with van der Waals surface area (Å²) < 4.78 is 13.9. The van der Waals surface area contributed by atoms with E-state index in [1.54, 1.807) is 6.07 Å². The van der Waals surface area contributed by atoms with Gasteiger partial charge < -0.3 is 10.2 Å². The molecule has 0 aromatic heterocycles. The maximum absolute atomic E-state index is 13.9. The van der Waals surface area contributed by atoms with Crippen LogP contribution in [0.3, 0.4) is 0 Å². The van der Waals surface area contributed by atoms with Gasteiger partial charge in [0, 0.05) is 30.5 Å². The first-order valence-corrected chi connectivity index (χ1v) is 6.36. The Morgan fingerprint density at radius 2 is 1.89 bits per heavy atom. The third-order valence-corrected chi connectivity index (χ3v) is 3.20. The fourth-order valence-electron chi connectivity index (χ4n) is 2.19. The maximum atomic E-state index is 13.9. The molecule has 0 saturated carbocycles. The lowest BCUT2D eigenvalue weighted by Gasteiger charge is -2.23. The van der Waals surface area contributed by atoms with Gasteiger partial charge in [0.2, 0.25) is 0 Å². The Morgan fingerprint density at radius 1 is 1.16 bits per heavy atom. The van der Waals surface area contributed by atoms with Crippen LogP contribution in [-0.2, 0) is 6.54 Å². The largest absolute Gasteiger partial charge is 0.344 e. The van der Waals surface area contributed by atoms with Crippen molar-refractivity contribution in [3.8, 4) is 0 Å². The first-order chi connectivity index (χ1) is 9.13. The van der Waals surface area contributed by atoms with Crippen molar-refractivity contribution in [2.24, 2.45) is 0 Å². The number of halogens is 1. The first kappa shape index (κ1) is 13.6. The van der Waals surface area contributed by atoms with Gasteiger partial charge in [0.15, 0.2) is 0 Å². The number of rotatable bonds is 4. The summed E-state index contributed by atoms with van der Waals surface area (Å²) in [5.74, 6) is -0.175. The lowest BCUT2D eigenvalue weighted by molar-refractivity contribution is 0.601. The SMILES string of the molecule is CNCc1c(F)cccc1N(C)c1cccc(C)c1. The summed E-state index contributed by atoms with van der Waals surface area (Å²) in [6.45, 7) is 2.57. The van der Waals surface area contributed by atoms with Crippen LogP contribution in [0.25, 0.3) is 0 Å². The summed E-state index contributed by atoms with van der Waals surface area (Å²) in [6, 6.07) is 13.4. The summed E-state index contributed by atoms with van der Waals surface area (Å²) in [6.07, 6.45) is 0. The van der Waals surface area contributed by atoms with Gasteiger partial charge in [-0.15, -0.1) is 0 Å². The molecular formula is C16H19FN2. The molecule has 0 fully saturated rings. The standard InChI is InChI=1S/C16H19FN2/c1-12-6-4-7-13(10-12)19(3)16-9-5-8-15(17)14(16)11-18-2/h4-10,18H,11H2,1-3H3. The van der Waals surface area contributed by atoms with E-state index in [1.807, 2.05) is 37.2 Å². The fourth-order valence-corrected chi connectivity index (χ4v) is 2.19. The summed E-state index contributed by atoms with van der Waals surface area (Å²) in [5, 5.41) is 3.02. The molecule has 0 aliphatic heterocycles. The van der Waals surface area contributed by atoms with E-state index in [0.717, 1.165) is 11.4 Å². The molecule has 0 spiro atoms. The van der Waals surface area contributed by atoms with Crippen LogP contribution in [0, 0.1) is 12.7 Å². The van der Waals surface area contributed by atoms with Gasteiger partial charge in [-0.05, 0) is 43.8 Å². The highest BCUT2D eigenvalue weighted by Crippen LogP contribution is 2.29. The van der Waals surface area contributed by atoms with Crippen LogP contribution in [0.1, 0.15) is 11.1 Å². The third kappa shape index (κ3) is 2.93. The minimum absolute atomic E-state index is 0.175. The Bertz CT molecular complexity index is 566. The van der Waals surface area contributed by atoms with Gasteiger partial charge in [-0.2, -0.15) is 0 Å². The molecule has 0 heterocycles. The molecule has 0 saturated heterocycles. The Balaban J connectivity index is 2.43. The predicted octanol–water partition coefficient (Wildman–Crippen LogP) is 3.62. The monoisotopic (exact) mass is 258 g/mol. The van der Waals surface area contributed by atoms with Crippen LogP contribution >= 0.6 is 0 Å². The zero-order valence-corrected chi connectivity index (χ0v) is 11.6. The number of anilines is 2. The number of hydrogen-bond donors (Lipinski definition) is 1. The van der Waals surface area contributed by atoms with E-state index in [4.69, 9.17) is 0 Å². The molecule has 100 valence electrons. The number of aryl methyl sites for hydroxylation is 1. The minimum atomic E-state index is -0.175. The van der Waals surface area contributed by atoms with Gasteiger partial charge in [0.25, 0.3) is 0 Å². The zero-order valence-electron chi connectivity index (χ0n) is 11.6. The molecule has 0 amide bonds. The van der Waals surface area contributed by atoms with Gasteiger partial charge in [-0.3, -0.25) is 0 Å². The third-order valence-electron chi connectivity index (χ3n) is 3.20. The highest BCUT2D eigenvalue weighted by molar-refractivity contribution is 5.66. The lowest BCUT2D eigenvalue weighted by atomic mass is 10.1. The van der Waals surface area contributed by atoms with Crippen molar-refractivity contribution in [2.75, 3.05) is 19.0 Å². The van der Waals surface area contributed by atoms with Crippen LogP contribution in [-0.4, -0.2) is 14.1 Å². The van der Waals surface area contributed by atoms with Crippen molar-refractivity contribution in [1.82, 2.24) is 5.32 Å². The smallest absolute Gasteiger partial charge is 0.129 e. The average molecular weight is 258 g/mol. The number of benzene rings is 2. The molecule has 0 aliphatic carbocycles. The second-order valence-electron chi connectivity index (χ2n) is 4.67. The van der Waals surface area contributed by atoms with Gasteiger partial charge in [0.05, 0.1) is 0 Å². The molecule has 2 aromatic rings. The normalized spacial score (nSPS) is 10.5. The molecule has 2 rings (SSSR count). The van der Waals surface area contributed by atoms with Crippen molar-refractivity contribution < 1.29 is 4.39 Å². The molecule has 19 heavy (non-hydrogen) atoms. The molecule has 2 aromatic carbocycles. The van der Waals surface area contributed by atoms with Gasteiger partial charge in [-0.1, -0.05) is 18.2 Å². The van der Waals surface area contributed by atoms with Crippen molar-refractivity contribution in [1.29, 1.82) is 0 Å². The zero-order chi connectivity index (χ0) is 13.8. The molecule has 0 unspecified atom stereocenters. The molecule has 0 radical (unpaired) electrons. The quantitative estimate of drug-likeness (QED) is 0.901. The van der Waals surface area contributed by atoms with E-state index < -0.39 is 0 Å². The van der Waals surface area contributed by atoms with Gasteiger partial charge in [-0.25, -0.2) is 4.39 Å². The van der Waals surface area contributed by atoms with E-state index in [9.17, 15) is 4.39 Å².